The van der Waals surface area contributed by atoms with Gasteiger partial charge >= 0.3 is 5.97 Å². The van der Waals surface area contributed by atoms with Gasteiger partial charge in [0.05, 0.1) is 0 Å². The van der Waals surface area contributed by atoms with Gasteiger partial charge in [-0.3, -0.25) is 4.79 Å². The maximum atomic E-state index is 13.2. The molecule has 0 saturated heterocycles. The number of fused-ring (bicyclic) bond motifs is 1. The molecule has 0 spiro atoms. The Morgan fingerprint density at radius 2 is 2.05 bits per heavy atom. The summed E-state index contributed by atoms with van der Waals surface area (Å²) in [5, 5.41) is 8.88. The third kappa shape index (κ3) is 2.52. The van der Waals surface area contributed by atoms with Crippen LogP contribution in [-0.4, -0.2) is 36.9 Å². The van der Waals surface area contributed by atoms with E-state index in [-0.39, 0.29) is 16.2 Å². The number of rotatable bonds is 4. The van der Waals surface area contributed by atoms with Crippen molar-refractivity contribution in [1.82, 2.24) is 4.31 Å². The van der Waals surface area contributed by atoms with E-state index < -0.39 is 27.9 Å². The number of hydrogen-bond donors (Lipinski definition) is 1. The number of furan rings is 1. The molecule has 0 fully saturated rings. The molecule has 6 nitrogen and oxygen atoms in total. The van der Waals surface area contributed by atoms with Gasteiger partial charge in [-0.2, -0.15) is 4.31 Å². The number of carbonyl (C=O) groups is 1. The Labute approximate surface area is 120 Å². The van der Waals surface area contributed by atoms with Gasteiger partial charge in [0.15, 0.2) is 0 Å². The summed E-state index contributed by atoms with van der Waals surface area (Å²) in [5.41, 5.74) is 0.470. The summed E-state index contributed by atoms with van der Waals surface area (Å²) < 4.78 is 44.1. The zero-order valence-electron chi connectivity index (χ0n) is 11.6. The highest BCUT2D eigenvalue weighted by atomic mass is 32.2. The van der Waals surface area contributed by atoms with Crippen LogP contribution in [0.3, 0.4) is 0 Å². The van der Waals surface area contributed by atoms with Gasteiger partial charge in [-0.15, -0.1) is 0 Å². The summed E-state index contributed by atoms with van der Waals surface area (Å²) in [7, 11) is -2.97. The topological polar surface area (TPSA) is 87.8 Å². The molecule has 1 unspecified atom stereocenters. The molecule has 1 atom stereocenters. The molecule has 1 N–H and O–H groups in total. The maximum Gasteiger partial charge on any atom is 0.321 e. The number of likely N-dealkylation sites (N-methyl/N-ethyl adjacent to an activating group) is 1. The number of nitrogens with zero attached hydrogens (tertiary/aromatic N) is 1. The van der Waals surface area contributed by atoms with E-state index in [1.165, 1.54) is 26.0 Å². The van der Waals surface area contributed by atoms with Crippen LogP contribution in [0.2, 0.25) is 0 Å². The van der Waals surface area contributed by atoms with Crippen LogP contribution in [0, 0.1) is 12.7 Å². The Kier molecular flexibility index (Phi) is 3.77. The smallest absolute Gasteiger partial charge is 0.321 e. The van der Waals surface area contributed by atoms with Crippen LogP contribution in [0.1, 0.15) is 12.5 Å². The van der Waals surface area contributed by atoms with Crippen LogP contribution in [0.25, 0.3) is 11.0 Å². The molecule has 0 amide bonds. The lowest BCUT2D eigenvalue weighted by molar-refractivity contribution is -0.140. The SMILES string of the molecule is Cc1c(S(=O)(=O)N(C)C(C)C(=O)O)oc2ccc(F)cc12. The van der Waals surface area contributed by atoms with Gasteiger partial charge in [0.1, 0.15) is 17.4 Å². The highest BCUT2D eigenvalue weighted by molar-refractivity contribution is 7.89. The van der Waals surface area contributed by atoms with Crippen molar-refractivity contribution >= 4 is 27.0 Å². The predicted molar refractivity (Wildman–Crippen MR) is 73.0 cm³/mol. The molecule has 1 aromatic carbocycles. The molecule has 1 heterocycles. The van der Waals surface area contributed by atoms with Gasteiger partial charge in [0.25, 0.3) is 10.0 Å². The summed E-state index contributed by atoms with van der Waals surface area (Å²) in [6, 6.07) is 2.41. The van der Waals surface area contributed by atoms with Crippen LogP contribution in [0.15, 0.2) is 27.7 Å². The third-order valence-corrected chi connectivity index (χ3v) is 5.30. The first-order chi connectivity index (χ1) is 9.66. The van der Waals surface area contributed by atoms with Crippen molar-refractivity contribution in [1.29, 1.82) is 0 Å². The van der Waals surface area contributed by atoms with Gasteiger partial charge in [0.2, 0.25) is 5.09 Å². The lowest BCUT2D eigenvalue weighted by Gasteiger charge is -2.19. The van der Waals surface area contributed by atoms with Crippen molar-refractivity contribution in [3.63, 3.8) is 0 Å². The first-order valence-electron chi connectivity index (χ1n) is 6.05. The van der Waals surface area contributed by atoms with E-state index in [4.69, 9.17) is 9.52 Å². The first-order valence-corrected chi connectivity index (χ1v) is 7.49. The number of carboxylic acids is 1. The molecule has 2 rings (SSSR count). The Morgan fingerprint density at radius 1 is 1.43 bits per heavy atom. The predicted octanol–water partition coefficient (Wildman–Crippen LogP) is 1.97. The normalized spacial score (nSPS) is 13.8. The molecular weight excluding hydrogens is 301 g/mol. The van der Waals surface area contributed by atoms with E-state index >= 15 is 0 Å². The van der Waals surface area contributed by atoms with Crippen molar-refractivity contribution in [2.45, 2.75) is 25.0 Å². The number of halogens is 1. The summed E-state index contributed by atoms with van der Waals surface area (Å²) >= 11 is 0. The number of benzene rings is 1. The number of sulfonamides is 1. The Morgan fingerprint density at radius 3 is 2.62 bits per heavy atom. The largest absolute Gasteiger partial charge is 0.480 e. The van der Waals surface area contributed by atoms with Crippen LogP contribution >= 0.6 is 0 Å². The molecule has 21 heavy (non-hydrogen) atoms. The van der Waals surface area contributed by atoms with Crippen molar-refractivity contribution in [3.05, 3.63) is 29.6 Å². The lowest BCUT2D eigenvalue weighted by atomic mass is 10.2. The number of aliphatic carboxylic acids is 1. The fourth-order valence-electron chi connectivity index (χ4n) is 1.91. The first kappa shape index (κ1) is 15.5. The maximum absolute atomic E-state index is 13.2. The molecule has 114 valence electrons. The second kappa shape index (κ2) is 5.12. The summed E-state index contributed by atoms with van der Waals surface area (Å²) in [6.07, 6.45) is 0. The molecule has 8 heteroatoms. The highest BCUT2D eigenvalue weighted by Crippen LogP contribution is 2.31. The van der Waals surface area contributed by atoms with Gasteiger partial charge in [-0.1, -0.05) is 0 Å². The van der Waals surface area contributed by atoms with E-state index in [0.29, 0.717) is 9.69 Å². The summed E-state index contributed by atoms with van der Waals surface area (Å²) in [5.74, 6) is -1.79. The fourth-order valence-corrected chi connectivity index (χ4v) is 3.37. The van der Waals surface area contributed by atoms with Crippen LogP contribution in [0.5, 0.6) is 0 Å². The molecule has 0 bridgehead atoms. The third-order valence-electron chi connectivity index (χ3n) is 3.37. The molecule has 0 radical (unpaired) electrons. The average Bonchev–Trinajstić information content (AvgIpc) is 2.74. The highest BCUT2D eigenvalue weighted by Gasteiger charge is 2.34. The van der Waals surface area contributed by atoms with Gasteiger partial charge in [0, 0.05) is 18.0 Å². The van der Waals surface area contributed by atoms with E-state index in [2.05, 4.69) is 0 Å². The number of carboxylic acid groups (broad SMARTS) is 1. The van der Waals surface area contributed by atoms with Gasteiger partial charge in [-0.05, 0) is 32.0 Å². The zero-order valence-corrected chi connectivity index (χ0v) is 12.4. The quantitative estimate of drug-likeness (QED) is 0.932. The monoisotopic (exact) mass is 315 g/mol. The Hall–Kier alpha value is -1.93. The average molecular weight is 315 g/mol. The van der Waals surface area contributed by atoms with Crippen molar-refractivity contribution < 1.29 is 27.1 Å². The van der Waals surface area contributed by atoms with Crippen molar-refractivity contribution in [2.24, 2.45) is 0 Å². The molecule has 0 saturated carbocycles. The molecule has 1 aromatic heterocycles. The standard InChI is InChI=1S/C13H14FNO5S/c1-7-10-6-9(14)4-5-11(10)20-13(7)21(18,19)15(3)8(2)12(16)17/h4-6,8H,1-3H3,(H,16,17). The second-order valence-corrected chi connectivity index (χ2v) is 6.59. The summed E-state index contributed by atoms with van der Waals surface area (Å²) in [6.45, 7) is 2.73. The van der Waals surface area contributed by atoms with E-state index in [1.54, 1.807) is 0 Å². The molecule has 0 aliphatic carbocycles. The second-order valence-electron chi connectivity index (χ2n) is 4.69. The molecule has 0 aliphatic heterocycles. The molecule has 0 aliphatic rings. The van der Waals surface area contributed by atoms with E-state index in [1.807, 2.05) is 0 Å². The Bertz CT molecular complexity index is 811. The van der Waals surface area contributed by atoms with Gasteiger partial charge in [-0.25, -0.2) is 12.8 Å². The fraction of sp³-hybridized carbons (Fsp3) is 0.308. The van der Waals surface area contributed by atoms with Gasteiger partial charge < -0.3 is 9.52 Å². The summed E-state index contributed by atoms with van der Waals surface area (Å²) in [4.78, 5) is 10.9. The zero-order chi connectivity index (χ0) is 15.9. The minimum atomic E-state index is -4.13. The van der Waals surface area contributed by atoms with Crippen LogP contribution in [-0.2, 0) is 14.8 Å². The van der Waals surface area contributed by atoms with Crippen LogP contribution in [0.4, 0.5) is 4.39 Å². The van der Waals surface area contributed by atoms with Crippen molar-refractivity contribution in [3.8, 4) is 0 Å². The van der Waals surface area contributed by atoms with E-state index in [9.17, 15) is 17.6 Å². The van der Waals surface area contributed by atoms with Crippen LogP contribution < -0.4 is 0 Å². The van der Waals surface area contributed by atoms with E-state index in [0.717, 1.165) is 13.1 Å². The minimum absolute atomic E-state index is 0.226. The number of hydrogen-bond acceptors (Lipinski definition) is 4. The molecule has 2 aromatic rings. The number of aryl methyl sites for hydroxylation is 1. The molecular formula is C13H14FNO5S. The minimum Gasteiger partial charge on any atom is -0.480 e. The Balaban J connectivity index is 2.60. The lowest BCUT2D eigenvalue weighted by Crippen LogP contribution is -2.40. The van der Waals surface area contributed by atoms with Crippen molar-refractivity contribution in [2.75, 3.05) is 7.05 Å².